The van der Waals surface area contributed by atoms with E-state index in [0.717, 1.165) is 17.2 Å². The summed E-state index contributed by atoms with van der Waals surface area (Å²) in [6, 6.07) is 3.73. The molecular formula is C19H22ClN7O4S. The summed E-state index contributed by atoms with van der Waals surface area (Å²) in [5.74, 6) is 0.979. The van der Waals surface area contributed by atoms with E-state index in [2.05, 4.69) is 25.7 Å². The number of amides is 1. The number of hydrogen-bond acceptors (Lipinski definition) is 9. The van der Waals surface area contributed by atoms with Crippen LogP contribution in [0.3, 0.4) is 0 Å². The molecule has 32 heavy (non-hydrogen) atoms. The molecule has 0 saturated heterocycles. The van der Waals surface area contributed by atoms with Crippen molar-refractivity contribution in [2.45, 2.75) is 18.6 Å². The number of anilines is 1. The van der Waals surface area contributed by atoms with Crippen LogP contribution in [0.25, 0.3) is 11.0 Å². The van der Waals surface area contributed by atoms with Gasteiger partial charge in [0.25, 0.3) is 11.6 Å². The molecule has 11 nitrogen and oxygen atoms in total. The maximum atomic E-state index is 12.5. The zero-order valence-corrected chi connectivity index (χ0v) is 19.1. The largest absolute Gasteiger partial charge is 0.383 e. The molecule has 0 bridgehead atoms. The highest BCUT2D eigenvalue weighted by molar-refractivity contribution is 7.99. The molecule has 1 amide bonds. The molecule has 13 heteroatoms. The number of non-ortho nitro benzene ring substituents is 1. The first-order valence-electron chi connectivity index (χ1n) is 9.75. The van der Waals surface area contributed by atoms with Crippen molar-refractivity contribution in [1.82, 2.24) is 25.1 Å². The Morgan fingerprint density at radius 2 is 2.16 bits per heavy atom. The van der Waals surface area contributed by atoms with Gasteiger partial charge in [-0.1, -0.05) is 30.3 Å². The van der Waals surface area contributed by atoms with Crippen LogP contribution in [0.4, 0.5) is 11.5 Å². The summed E-state index contributed by atoms with van der Waals surface area (Å²) >= 11 is 7.55. The third-order valence-corrected chi connectivity index (χ3v) is 5.42. The van der Waals surface area contributed by atoms with E-state index in [1.165, 1.54) is 23.9 Å². The Morgan fingerprint density at radius 1 is 1.34 bits per heavy atom. The molecule has 2 aromatic heterocycles. The molecule has 0 atom stereocenters. The molecule has 0 aliphatic heterocycles. The smallest absolute Gasteiger partial charge is 0.270 e. The Kier molecular flexibility index (Phi) is 8.20. The molecule has 0 saturated carbocycles. The Hall–Kier alpha value is -2.96. The minimum absolute atomic E-state index is 0.0415. The molecule has 0 aliphatic rings. The number of halogens is 1. The number of aromatic nitrogens is 4. The Morgan fingerprint density at radius 3 is 2.88 bits per heavy atom. The topological polar surface area (TPSA) is 137 Å². The van der Waals surface area contributed by atoms with Gasteiger partial charge in [0.15, 0.2) is 10.8 Å². The van der Waals surface area contributed by atoms with E-state index in [0.29, 0.717) is 36.3 Å². The molecule has 3 aromatic rings. The van der Waals surface area contributed by atoms with Crippen molar-refractivity contribution in [3.63, 3.8) is 0 Å². The number of rotatable bonds is 11. The number of benzene rings is 1. The highest BCUT2D eigenvalue weighted by Gasteiger charge is 2.17. The second-order valence-electron chi connectivity index (χ2n) is 6.49. The SMILES string of the molecule is CCSc1nc(NCCOC)c2cnn(CCNC(=O)c3cc([N+](=O)[O-])ccc3Cl)c2n1. The van der Waals surface area contributed by atoms with Crippen LogP contribution in [0, 0.1) is 10.1 Å². The van der Waals surface area contributed by atoms with Gasteiger partial charge in [0.1, 0.15) is 5.82 Å². The number of nitrogens with one attached hydrogen (secondary N) is 2. The molecular weight excluding hydrogens is 458 g/mol. The van der Waals surface area contributed by atoms with Gasteiger partial charge in [-0.25, -0.2) is 14.6 Å². The number of methoxy groups -OCH3 is 1. The highest BCUT2D eigenvalue weighted by atomic mass is 35.5. The van der Waals surface area contributed by atoms with Gasteiger partial charge in [-0.2, -0.15) is 5.10 Å². The molecule has 1 aromatic carbocycles. The summed E-state index contributed by atoms with van der Waals surface area (Å²) in [4.78, 5) is 32.0. The Balaban J connectivity index is 1.74. The van der Waals surface area contributed by atoms with Crippen LogP contribution >= 0.6 is 23.4 Å². The molecule has 2 heterocycles. The van der Waals surface area contributed by atoms with Crippen LogP contribution in [0.1, 0.15) is 17.3 Å². The lowest BCUT2D eigenvalue weighted by Gasteiger charge is -2.10. The first-order valence-corrected chi connectivity index (χ1v) is 11.1. The summed E-state index contributed by atoms with van der Waals surface area (Å²) in [5.41, 5.74) is 0.474. The number of carbonyl (C=O) groups excluding carboxylic acids is 1. The normalized spacial score (nSPS) is 11.0. The fourth-order valence-electron chi connectivity index (χ4n) is 2.87. The first-order chi connectivity index (χ1) is 15.4. The zero-order valence-electron chi connectivity index (χ0n) is 17.5. The van der Waals surface area contributed by atoms with Crippen LogP contribution in [0.5, 0.6) is 0 Å². The lowest BCUT2D eigenvalue weighted by Crippen LogP contribution is -2.28. The fourth-order valence-corrected chi connectivity index (χ4v) is 3.64. The van der Waals surface area contributed by atoms with Crippen LogP contribution in [0.2, 0.25) is 5.02 Å². The standard InChI is InChI=1S/C19H22ClN7O4S/c1-3-32-19-24-16(21-7-9-31-2)14-11-23-26(17(14)25-19)8-6-22-18(28)13-10-12(27(29)30)4-5-15(13)20/h4-5,10-11H,3,6-9H2,1-2H3,(H,22,28)(H,21,24,25). The maximum Gasteiger partial charge on any atom is 0.270 e. The number of thioether (sulfide) groups is 1. The molecule has 3 rings (SSSR count). The summed E-state index contributed by atoms with van der Waals surface area (Å²) in [7, 11) is 1.63. The Labute approximate surface area is 193 Å². The lowest BCUT2D eigenvalue weighted by molar-refractivity contribution is -0.384. The lowest BCUT2D eigenvalue weighted by atomic mass is 10.2. The number of carbonyl (C=O) groups is 1. The minimum atomic E-state index is -0.577. The number of nitro groups is 1. The van der Waals surface area contributed by atoms with E-state index in [1.54, 1.807) is 18.0 Å². The molecule has 0 unspecified atom stereocenters. The van der Waals surface area contributed by atoms with Crippen LogP contribution in [-0.4, -0.2) is 63.1 Å². The van der Waals surface area contributed by atoms with Gasteiger partial charge < -0.3 is 15.4 Å². The third kappa shape index (κ3) is 5.64. The van der Waals surface area contributed by atoms with Gasteiger partial charge in [0.05, 0.1) is 40.2 Å². The van der Waals surface area contributed by atoms with E-state index >= 15 is 0 Å². The first kappa shape index (κ1) is 23.7. The van der Waals surface area contributed by atoms with Crippen molar-refractivity contribution in [2.75, 3.05) is 37.9 Å². The number of fused-ring (bicyclic) bond motifs is 1. The van der Waals surface area contributed by atoms with Crippen molar-refractivity contribution in [2.24, 2.45) is 0 Å². The third-order valence-electron chi connectivity index (χ3n) is 4.36. The zero-order chi connectivity index (χ0) is 23.1. The van der Waals surface area contributed by atoms with Crippen molar-refractivity contribution in [3.05, 3.63) is 45.1 Å². The molecule has 0 fully saturated rings. The van der Waals surface area contributed by atoms with Crippen molar-refractivity contribution in [3.8, 4) is 0 Å². The number of nitrogens with zero attached hydrogens (tertiary/aromatic N) is 5. The quantitative estimate of drug-likeness (QED) is 0.140. The van der Waals surface area contributed by atoms with Crippen LogP contribution in [0.15, 0.2) is 29.6 Å². The predicted octanol–water partition coefficient (Wildman–Crippen LogP) is 2.99. The number of ether oxygens (including phenoxy) is 1. The van der Waals surface area contributed by atoms with Crippen molar-refractivity contribution < 1.29 is 14.5 Å². The molecule has 170 valence electrons. The van der Waals surface area contributed by atoms with Crippen LogP contribution in [-0.2, 0) is 11.3 Å². The summed E-state index contributed by atoms with van der Waals surface area (Å²) < 4.78 is 6.75. The van der Waals surface area contributed by atoms with E-state index in [4.69, 9.17) is 16.3 Å². The second-order valence-corrected chi connectivity index (χ2v) is 8.13. The minimum Gasteiger partial charge on any atom is -0.383 e. The van der Waals surface area contributed by atoms with Crippen LogP contribution < -0.4 is 10.6 Å². The summed E-state index contributed by atoms with van der Waals surface area (Å²) in [6.45, 7) is 3.70. The van der Waals surface area contributed by atoms with Gasteiger partial charge in [0, 0.05) is 32.3 Å². The van der Waals surface area contributed by atoms with E-state index < -0.39 is 10.8 Å². The molecule has 0 aliphatic carbocycles. The second kappa shape index (κ2) is 11.1. The van der Waals surface area contributed by atoms with Gasteiger partial charge >= 0.3 is 0 Å². The summed E-state index contributed by atoms with van der Waals surface area (Å²) in [5, 5.41) is 22.8. The average molecular weight is 480 g/mol. The Bertz CT molecular complexity index is 1120. The summed E-state index contributed by atoms with van der Waals surface area (Å²) in [6.07, 6.45) is 1.67. The average Bonchev–Trinajstić information content (AvgIpc) is 3.17. The highest BCUT2D eigenvalue weighted by Crippen LogP contribution is 2.24. The van der Waals surface area contributed by atoms with Gasteiger partial charge in [0.2, 0.25) is 0 Å². The van der Waals surface area contributed by atoms with Gasteiger partial charge in [-0.3, -0.25) is 14.9 Å². The number of nitro benzene ring substituents is 1. The van der Waals surface area contributed by atoms with E-state index in [9.17, 15) is 14.9 Å². The fraction of sp³-hybridized carbons (Fsp3) is 0.368. The monoisotopic (exact) mass is 479 g/mol. The molecule has 0 spiro atoms. The number of hydrogen-bond donors (Lipinski definition) is 2. The van der Waals surface area contributed by atoms with Gasteiger partial charge in [-0.15, -0.1) is 0 Å². The van der Waals surface area contributed by atoms with Gasteiger partial charge in [-0.05, 0) is 11.8 Å². The van der Waals surface area contributed by atoms with Crippen molar-refractivity contribution >= 4 is 51.8 Å². The van der Waals surface area contributed by atoms with E-state index in [1.807, 2.05) is 6.92 Å². The maximum absolute atomic E-state index is 12.5. The molecule has 0 radical (unpaired) electrons. The molecule has 2 N–H and O–H groups in total. The van der Waals surface area contributed by atoms with E-state index in [-0.39, 0.29) is 22.8 Å². The van der Waals surface area contributed by atoms with Crippen molar-refractivity contribution in [1.29, 1.82) is 0 Å². The predicted molar refractivity (Wildman–Crippen MR) is 123 cm³/mol.